The molecule has 0 aromatic heterocycles. The lowest BCUT2D eigenvalue weighted by atomic mass is 9.38. The standard InChI is InChI=1S/C48H80O18/c1-21(10-14-29(51)45(5,6)66-43-40(37(58)34(55)27(20-50)63-43)65-41-38(59)35(56)32(53)22(2)61-41)23-16-17-46(7)28-13-11-24-25(48(28,9)30(52)18-47(23,46)8)12-15-31(44(24,3)4)64-42-39(60)36(57)33(54)26(19-49)62-42/h11,21-23,25-29,31-43,49-51,53-60H,10,12-20H2,1-9H3/t21-,22-,23-,25-,26-,27-,28+,29-,31?,32-,33-,34-,35-,36-,37-,38-,39-,40-,41+,42+,43+,46+,47-,48+/m1/s1. The molecule has 380 valence electrons. The van der Waals surface area contributed by atoms with Gasteiger partial charge in [-0.3, -0.25) is 4.79 Å². The van der Waals surface area contributed by atoms with E-state index in [9.17, 15) is 61.0 Å². The molecule has 3 saturated carbocycles. The number of hydrogen-bond donors (Lipinski definition) is 11. The lowest BCUT2D eigenvalue weighted by molar-refractivity contribution is -0.378. The predicted molar refractivity (Wildman–Crippen MR) is 233 cm³/mol. The Morgan fingerprint density at radius 1 is 0.727 bits per heavy atom. The summed E-state index contributed by atoms with van der Waals surface area (Å²) in [5.41, 5.74) is -1.86. The third-order valence-electron chi connectivity index (χ3n) is 18.5. The topological polar surface area (TPSA) is 295 Å². The van der Waals surface area contributed by atoms with E-state index in [1.165, 1.54) is 6.92 Å². The first kappa shape index (κ1) is 52.6. The summed E-state index contributed by atoms with van der Waals surface area (Å²) in [5, 5.41) is 116. The fourth-order valence-electron chi connectivity index (χ4n) is 13.9. The molecule has 0 aromatic carbocycles. The van der Waals surface area contributed by atoms with Gasteiger partial charge in [0.1, 0.15) is 72.9 Å². The molecule has 18 nitrogen and oxygen atoms in total. The van der Waals surface area contributed by atoms with E-state index < -0.39 is 134 Å². The van der Waals surface area contributed by atoms with Crippen LogP contribution in [0, 0.1) is 45.3 Å². The first-order chi connectivity index (χ1) is 30.7. The Morgan fingerprint density at radius 3 is 1.92 bits per heavy atom. The van der Waals surface area contributed by atoms with Crippen molar-refractivity contribution in [1.29, 1.82) is 0 Å². The third kappa shape index (κ3) is 8.60. The van der Waals surface area contributed by atoms with E-state index in [0.29, 0.717) is 38.5 Å². The van der Waals surface area contributed by atoms with Crippen LogP contribution < -0.4 is 0 Å². The lowest BCUT2D eigenvalue weighted by Crippen LogP contribution is -2.65. The van der Waals surface area contributed by atoms with Crippen LogP contribution in [0.5, 0.6) is 0 Å². The Balaban J connectivity index is 1.02. The average Bonchev–Trinajstić information content (AvgIpc) is 3.53. The summed E-state index contributed by atoms with van der Waals surface area (Å²) < 4.78 is 35.8. The number of allylic oxidation sites excluding steroid dienone is 1. The smallest absolute Gasteiger partial charge is 0.187 e. The molecule has 0 spiro atoms. The highest BCUT2D eigenvalue weighted by Crippen LogP contribution is 2.74. The van der Waals surface area contributed by atoms with E-state index in [1.807, 2.05) is 0 Å². The van der Waals surface area contributed by atoms with Gasteiger partial charge < -0.3 is 84.6 Å². The van der Waals surface area contributed by atoms with Gasteiger partial charge in [-0.05, 0) is 100 Å². The molecule has 1 unspecified atom stereocenters. The van der Waals surface area contributed by atoms with E-state index in [-0.39, 0.29) is 40.3 Å². The maximum Gasteiger partial charge on any atom is 0.187 e. The highest BCUT2D eigenvalue weighted by atomic mass is 16.8. The van der Waals surface area contributed by atoms with Crippen molar-refractivity contribution in [2.75, 3.05) is 13.2 Å². The molecule has 66 heavy (non-hydrogen) atoms. The number of aliphatic hydroxyl groups excluding tert-OH is 11. The summed E-state index contributed by atoms with van der Waals surface area (Å²) >= 11 is 0. The van der Waals surface area contributed by atoms with Crippen molar-refractivity contribution in [3.8, 4) is 0 Å². The summed E-state index contributed by atoms with van der Waals surface area (Å²) in [4.78, 5) is 15.0. The van der Waals surface area contributed by atoms with Gasteiger partial charge in [0.15, 0.2) is 18.9 Å². The van der Waals surface area contributed by atoms with Gasteiger partial charge in [0.05, 0.1) is 37.1 Å². The number of aliphatic hydroxyl groups is 11. The molecule has 3 heterocycles. The lowest BCUT2D eigenvalue weighted by Gasteiger charge is -2.65. The second-order valence-corrected chi connectivity index (χ2v) is 22.8. The Bertz CT molecular complexity index is 1740. The van der Waals surface area contributed by atoms with Crippen molar-refractivity contribution in [1.82, 2.24) is 0 Å². The van der Waals surface area contributed by atoms with E-state index in [4.69, 9.17) is 28.4 Å². The van der Waals surface area contributed by atoms with Crippen molar-refractivity contribution in [3.63, 3.8) is 0 Å². The number of ether oxygens (including phenoxy) is 6. The Kier molecular flexibility index (Phi) is 15.2. The van der Waals surface area contributed by atoms with Crippen molar-refractivity contribution >= 4 is 5.78 Å². The minimum Gasteiger partial charge on any atom is -0.394 e. The third-order valence-corrected chi connectivity index (χ3v) is 18.5. The molecule has 7 aliphatic rings. The van der Waals surface area contributed by atoms with Gasteiger partial charge in [-0.2, -0.15) is 0 Å². The quantitative estimate of drug-likeness (QED) is 0.110. The van der Waals surface area contributed by atoms with Crippen LogP contribution in [0.1, 0.15) is 114 Å². The summed E-state index contributed by atoms with van der Waals surface area (Å²) in [6.07, 6.45) is -15.7. The molecule has 11 N–H and O–H groups in total. The van der Waals surface area contributed by atoms with Crippen molar-refractivity contribution < 1.29 is 89.4 Å². The fraction of sp³-hybridized carbons (Fsp3) is 0.938. The molecular weight excluding hydrogens is 865 g/mol. The molecular formula is C48H80O18. The van der Waals surface area contributed by atoms with Crippen molar-refractivity contribution in [3.05, 3.63) is 11.6 Å². The number of rotatable bonds is 13. The minimum atomic E-state index is -1.72. The van der Waals surface area contributed by atoms with E-state index >= 15 is 0 Å². The zero-order valence-corrected chi connectivity index (χ0v) is 40.0. The predicted octanol–water partition coefficient (Wildman–Crippen LogP) is 0.180. The van der Waals surface area contributed by atoms with Crippen molar-refractivity contribution in [2.24, 2.45) is 45.3 Å². The van der Waals surface area contributed by atoms with Gasteiger partial charge in [0.25, 0.3) is 0 Å². The van der Waals surface area contributed by atoms with Crippen LogP contribution in [0.2, 0.25) is 0 Å². The van der Waals surface area contributed by atoms with Crippen LogP contribution in [0.25, 0.3) is 0 Å². The second kappa shape index (κ2) is 19.1. The number of ketones is 1. The summed E-state index contributed by atoms with van der Waals surface area (Å²) in [6.45, 7) is 16.7. The highest BCUT2D eigenvalue weighted by molar-refractivity contribution is 5.88. The van der Waals surface area contributed by atoms with Gasteiger partial charge in [0, 0.05) is 17.3 Å². The Hall–Kier alpha value is -1.27. The number of carbonyl (C=O) groups excluding carboxylic acids is 1. The van der Waals surface area contributed by atoms with Gasteiger partial charge >= 0.3 is 0 Å². The molecule has 24 atom stereocenters. The number of carbonyl (C=O) groups is 1. The largest absolute Gasteiger partial charge is 0.394 e. The van der Waals surface area contributed by atoms with Crippen molar-refractivity contribution in [2.45, 2.75) is 224 Å². The molecule has 4 aliphatic carbocycles. The van der Waals surface area contributed by atoms with E-state index in [1.54, 1.807) is 13.8 Å². The monoisotopic (exact) mass is 945 g/mol. The maximum absolute atomic E-state index is 15.0. The van der Waals surface area contributed by atoms with Crippen LogP contribution in [0.3, 0.4) is 0 Å². The van der Waals surface area contributed by atoms with Gasteiger partial charge in [-0.15, -0.1) is 0 Å². The minimum absolute atomic E-state index is 0.0258. The normalized spacial score (nSPS) is 50.5. The average molecular weight is 945 g/mol. The Labute approximate surface area is 388 Å². The molecule has 6 fully saturated rings. The molecule has 0 bridgehead atoms. The maximum atomic E-state index is 15.0. The molecule has 18 heteroatoms. The van der Waals surface area contributed by atoms with Crippen LogP contribution >= 0.6 is 0 Å². The van der Waals surface area contributed by atoms with Crippen LogP contribution in [0.4, 0.5) is 0 Å². The molecule has 3 saturated heterocycles. The van der Waals surface area contributed by atoms with E-state index in [0.717, 1.165) is 18.4 Å². The van der Waals surface area contributed by atoms with Gasteiger partial charge in [0.2, 0.25) is 0 Å². The first-order valence-corrected chi connectivity index (χ1v) is 24.2. The number of hydrogen-bond acceptors (Lipinski definition) is 18. The fourth-order valence-corrected chi connectivity index (χ4v) is 13.9. The molecule has 3 aliphatic heterocycles. The number of fused-ring (bicyclic) bond motifs is 5. The van der Waals surface area contributed by atoms with Crippen LogP contribution in [0.15, 0.2) is 11.6 Å². The zero-order valence-electron chi connectivity index (χ0n) is 40.0. The first-order valence-electron chi connectivity index (χ1n) is 24.2. The van der Waals surface area contributed by atoms with Gasteiger partial charge in [-0.1, -0.05) is 53.2 Å². The second-order valence-electron chi connectivity index (χ2n) is 22.8. The summed E-state index contributed by atoms with van der Waals surface area (Å²) in [7, 11) is 0. The van der Waals surface area contributed by atoms with Crippen LogP contribution in [-0.2, 0) is 33.2 Å². The zero-order chi connectivity index (χ0) is 48.8. The molecule has 7 rings (SSSR count). The SMILES string of the molecule is C[C@H](CC[C@@H](O)C(C)(C)O[C@@H]1O[C@H](CO)[C@@H](O)[C@@H](O)[C@H]1O[C@@H]1O[C@H](C)[C@@H](O)[C@@H](O)[C@H]1O)[C@H]1CC[C@@]2(C)[C@@H]3CC=C4[C@@H](CCC(O[C@@H]5O[C@H](CO)[C@@H](O)[C@@H](O)[C@H]5O)C4(C)C)[C@]3(C)C(=O)C[C@]12C. The highest BCUT2D eigenvalue weighted by Gasteiger charge is 2.70. The number of Topliss-reactive ketones (excluding diaryl/α,β-unsaturated/α-hetero) is 1. The van der Waals surface area contributed by atoms with Crippen LogP contribution in [-0.4, -0.2) is 185 Å². The molecule has 0 radical (unpaired) electrons. The van der Waals surface area contributed by atoms with E-state index in [2.05, 4.69) is 47.6 Å². The molecule has 0 amide bonds. The Morgan fingerprint density at radius 2 is 1.30 bits per heavy atom. The molecule has 0 aromatic rings. The van der Waals surface area contributed by atoms with Gasteiger partial charge in [-0.25, -0.2) is 0 Å². The summed E-state index contributed by atoms with van der Waals surface area (Å²) in [6, 6.07) is 0. The summed E-state index contributed by atoms with van der Waals surface area (Å²) in [5.74, 6) is 0.593.